The Morgan fingerprint density at radius 2 is 1.06 bits per heavy atom. The predicted molar refractivity (Wildman–Crippen MR) is 128 cm³/mol. The van der Waals surface area contributed by atoms with Gasteiger partial charge in [-0.25, -0.2) is 19.2 Å². The molecule has 2 amide bonds. The molecule has 3 N–H and O–H groups in total. The summed E-state index contributed by atoms with van der Waals surface area (Å²) >= 11 is 0. The first-order valence-electron chi connectivity index (χ1n) is 11.1. The fourth-order valence-electron chi connectivity index (χ4n) is 2.42. The summed E-state index contributed by atoms with van der Waals surface area (Å²) < 4.78 is 14.5. The van der Waals surface area contributed by atoms with E-state index in [9.17, 15) is 29.1 Å². The second kappa shape index (κ2) is 13.9. The first kappa shape index (κ1) is 35.1. The molecule has 0 unspecified atom stereocenters. The van der Waals surface area contributed by atoms with Gasteiger partial charge in [0.15, 0.2) is 0 Å². The summed E-state index contributed by atoms with van der Waals surface area (Å²) in [7, 11) is 3.75. The van der Waals surface area contributed by atoms with E-state index in [0.29, 0.717) is 0 Å². The van der Waals surface area contributed by atoms with Gasteiger partial charge in [-0.1, -0.05) is 0 Å². The lowest BCUT2D eigenvalue weighted by atomic mass is 9.98. The number of carbonyl (C=O) groups is 5. The zero-order valence-electron chi connectivity index (χ0n) is 23.1. The van der Waals surface area contributed by atoms with Gasteiger partial charge in [0.1, 0.15) is 23.3 Å². The molecule has 13 nitrogen and oxygen atoms in total. The van der Waals surface area contributed by atoms with Crippen LogP contribution in [-0.4, -0.2) is 105 Å². The highest BCUT2D eigenvalue weighted by Gasteiger charge is 2.34. The SMILES string of the molecule is CN(C(=O)OC(C)(C)C)[C@@H](CC(C)(C)O)C(=O)O.COC(=O)C[C@@H](C(=O)O)N(C)C(=O)OC(C)(C)C. The van der Waals surface area contributed by atoms with Gasteiger partial charge in [0, 0.05) is 20.5 Å². The van der Waals surface area contributed by atoms with Gasteiger partial charge in [0.05, 0.1) is 19.1 Å². The monoisotopic (exact) mass is 522 g/mol. The Hall–Kier alpha value is -3.09. The Bertz CT molecular complexity index is 776. The Kier molecular flexibility index (Phi) is 13.5. The first-order valence-corrected chi connectivity index (χ1v) is 11.1. The number of amides is 2. The van der Waals surface area contributed by atoms with Gasteiger partial charge >= 0.3 is 30.1 Å². The largest absolute Gasteiger partial charge is 0.480 e. The summed E-state index contributed by atoms with van der Waals surface area (Å²) in [6, 6.07) is -2.44. The van der Waals surface area contributed by atoms with Crippen LogP contribution in [0.25, 0.3) is 0 Å². The Morgan fingerprint density at radius 1 is 0.722 bits per heavy atom. The van der Waals surface area contributed by atoms with E-state index in [0.717, 1.165) is 16.9 Å². The molecule has 2 atom stereocenters. The summed E-state index contributed by atoms with van der Waals surface area (Å²) in [5.74, 6) is -3.18. The van der Waals surface area contributed by atoms with Crippen molar-refractivity contribution in [3.63, 3.8) is 0 Å². The highest BCUT2D eigenvalue weighted by Crippen LogP contribution is 2.18. The van der Waals surface area contributed by atoms with Crippen LogP contribution in [-0.2, 0) is 28.6 Å². The molecular formula is C23H42N2O11. The van der Waals surface area contributed by atoms with Crippen molar-refractivity contribution in [2.24, 2.45) is 0 Å². The number of methoxy groups -OCH3 is 1. The number of ether oxygens (including phenoxy) is 3. The first-order chi connectivity index (χ1) is 15.9. The summed E-state index contributed by atoms with van der Waals surface area (Å²) in [6.45, 7) is 13.1. The minimum absolute atomic E-state index is 0.0714. The molecular weight excluding hydrogens is 480 g/mol. The van der Waals surface area contributed by atoms with Gasteiger partial charge in [-0.3, -0.25) is 14.6 Å². The average Bonchev–Trinajstić information content (AvgIpc) is 2.65. The predicted octanol–water partition coefficient (Wildman–Crippen LogP) is 2.34. The lowest BCUT2D eigenvalue weighted by Crippen LogP contribution is -2.47. The third-order valence-corrected chi connectivity index (χ3v) is 4.15. The van der Waals surface area contributed by atoms with Crippen molar-refractivity contribution in [1.29, 1.82) is 0 Å². The van der Waals surface area contributed by atoms with Crippen LogP contribution >= 0.6 is 0 Å². The highest BCUT2D eigenvalue weighted by atomic mass is 16.6. The van der Waals surface area contributed by atoms with Crippen molar-refractivity contribution in [3.8, 4) is 0 Å². The van der Waals surface area contributed by atoms with Gasteiger partial charge in [0.25, 0.3) is 0 Å². The molecule has 0 fully saturated rings. The van der Waals surface area contributed by atoms with Crippen LogP contribution in [0.4, 0.5) is 9.59 Å². The van der Waals surface area contributed by atoms with Crippen molar-refractivity contribution in [1.82, 2.24) is 9.80 Å². The molecule has 0 aromatic heterocycles. The van der Waals surface area contributed by atoms with Gasteiger partial charge in [-0.15, -0.1) is 0 Å². The molecule has 0 bridgehead atoms. The highest BCUT2D eigenvalue weighted by molar-refractivity contribution is 5.85. The number of carboxylic acids is 2. The van der Waals surface area contributed by atoms with Crippen molar-refractivity contribution in [2.45, 2.75) is 97.1 Å². The number of aliphatic hydroxyl groups is 1. The molecule has 0 rings (SSSR count). The van der Waals surface area contributed by atoms with Crippen LogP contribution in [0.1, 0.15) is 68.2 Å². The molecule has 0 aliphatic carbocycles. The zero-order valence-corrected chi connectivity index (χ0v) is 23.1. The molecule has 36 heavy (non-hydrogen) atoms. The normalized spacial score (nSPS) is 13.2. The molecule has 210 valence electrons. The topological polar surface area (TPSA) is 180 Å². The van der Waals surface area contributed by atoms with Crippen molar-refractivity contribution in [2.75, 3.05) is 21.2 Å². The molecule has 0 aromatic rings. The third-order valence-electron chi connectivity index (χ3n) is 4.15. The number of rotatable bonds is 8. The molecule has 0 aromatic carbocycles. The second-order valence-electron chi connectivity index (χ2n) is 10.7. The molecule has 13 heteroatoms. The molecule has 0 aliphatic heterocycles. The van der Waals surface area contributed by atoms with Gasteiger partial charge in [0.2, 0.25) is 0 Å². The van der Waals surface area contributed by atoms with E-state index in [1.54, 1.807) is 41.5 Å². The smallest absolute Gasteiger partial charge is 0.410 e. The van der Waals surface area contributed by atoms with E-state index in [-0.39, 0.29) is 6.42 Å². The summed E-state index contributed by atoms with van der Waals surface area (Å²) in [5.41, 5.74) is -2.61. The van der Waals surface area contributed by atoms with E-state index in [1.165, 1.54) is 27.9 Å². The summed E-state index contributed by atoms with van der Waals surface area (Å²) in [5, 5.41) is 27.7. The number of carboxylic acid groups (broad SMARTS) is 2. The van der Waals surface area contributed by atoms with Crippen LogP contribution < -0.4 is 0 Å². The molecule has 0 saturated carbocycles. The van der Waals surface area contributed by atoms with E-state index < -0.39 is 65.4 Å². The molecule has 0 radical (unpaired) electrons. The van der Waals surface area contributed by atoms with Gasteiger partial charge in [-0.2, -0.15) is 0 Å². The van der Waals surface area contributed by atoms with Crippen LogP contribution in [0, 0.1) is 0 Å². The fourth-order valence-corrected chi connectivity index (χ4v) is 2.42. The van der Waals surface area contributed by atoms with Gasteiger partial charge < -0.3 is 29.5 Å². The zero-order chi connectivity index (χ0) is 29.2. The number of carbonyl (C=O) groups excluding carboxylic acids is 3. The van der Waals surface area contributed by atoms with Crippen molar-refractivity contribution < 1.29 is 53.5 Å². The molecule has 0 saturated heterocycles. The average molecular weight is 523 g/mol. The van der Waals surface area contributed by atoms with Crippen molar-refractivity contribution in [3.05, 3.63) is 0 Å². The van der Waals surface area contributed by atoms with E-state index in [4.69, 9.17) is 19.7 Å². The second-order valence-corrected chi connectivity index (χ2v) is 10.7. The number of nitrogens with zero attached hydrogens (tertiary/aromatic N) is 2. The number of esters is 1. The minimum Gasteiger partial charge on any atom is -0.480 e. The number of hydrogen-bond donors (Lipinski definition) is 3. The number of aliphatic carboxylic acids is 2. The van der Waals surface area contributed by atoms with Crippen molar-refractivity contribution >= 4 is 30.1 Å². The van der Waals surface area contributed by atoms with Crippen LogP contribution in [0.3, 0.4) is 0 Å². The quantitative estimate of drug-likeness (QED) is 0.314. The molecule has 0 heterocycles. The van der Waals surface area contributed by atoms with E-state index in [1.807, 2.05) is 0 Å². The van der Waals surface area contributed by atoms with Crippen LogP contribution in [0.2, 0.25) is 0 Å². The number of likely N-dealkylation sites (N-methyl/N-ethyl adjacent to an activating group) is 2. The summed E-state index contributed by atoms with van der Waals surface area (Å²) in [6.07, 6.45) is -2.03. The molecule has 0 aliphatic rings. The maximum atomic E-state index is 11.7. The minimum atomic E-state index is -1.31. The van der Waals surface area contributed by atoms with Crippen LogP contribution in [0.5, 0.6) is 0 Å². The Balaban J connectivity index is 0. The maximum absolute atomic E-state index is 11.7. The standard InChI is InChI=1S/C12H23NO5.C11H19NO6/c1-11(2,3)18-10(16)13(6)8(9(14)15)7-12(4,5)17;1-11(2,3)18-10(16)12(4)7(9(14)15)6-8(13)17-5/h8,17H,7H2,1-6H3,(H,14,15);7H,6H2,1-5H3,(H,14,15)/t8-;7-/m00/s1. The van der Waals surface area contributed by atoms with E-state index >= 15 is 0 Å². The Morgan fingerprint density at radius 3 is 1.31 bits per heavy atom. The fraction of sp³-hybridized carbons (Fsp3) is 0.783. The molecule has 0 spiro atoms. The Labute approximate surface area is 212 Å². The summed E-state index contributed by atoms with van der Waals surface area (Å²) in [4.78, 5) is 58.5. The third kappa shape index (κ3) is 15.7. The van der Waals surface area contributed by atoms with Gasteiger partial charge in [-0.05, 0) is 55.4 Å². The lowest BCUT2D eigenvalue weighted by Gasteiger charge is -2.31. The number of hydrogen-bond acceptors (Lipinski definition) is 9. The van der Waals surface area contributed by atoms with E-state index in [2.05, 4.69) is 4.74 Å². The maximum Gasteiger partial charge on any atom is 0.410 e. The van der Waals surface area contributed by atoms with Crippen LogP contribution in [0.15, 0.2) is 0 Å². The lowest BCUT2D eigenvalue weighted by molar-refractivity contribution is -0.150.